The van der Waals surface area contributed by atoms with Crippen molar-refractivity contribution < 1.29 is 48.6 Å². The molecule has 1 fully saturated rings. The number of carbonyl (C=O) groups is 8. The summed E-state index contributed by atoms with van der Waals surface area (Å²) in [4.78, 5) is 122. The summed E-state index contributed by atoms with van der Waals surface area (Å²) in [6.45, 7) is 7.18. The summed E-state index contributed by atoms with van der Waals surface area (Å²) in [5.74, 6) is -6.53. The van der Waals surface area contributed by atoms with Crippen LogP contribution in [0.5, 0.6) is 5.75 Å². The first-order chi connectivity index (χ1) is 32.8. The van der Waals surface area contributed by atoms with E-state index in [0.29, 0.717) is 36.3 Å². The molecule has 1 aromatic heterocycles. The van der Waals surface area contributed by atoms with Gasteiger partial charge >= 0.3 is 5.97 Å². The Morgan fingerprint density at radius 1 is 0.855 bits per heavy atom. The number of benzene rings is 1. The maximum atomic E-state index is 14.5. The SMILES string of the molecule is CC[C@H](C)[C@H](NC(=O)[C@H](Cc1ccc(O)cc1)NC(=O)[C@@H](NC(=O)[C@H](CCCN=C(N)N)NC(=O)CNC)C(C)C)C(=O)N[C@@H](Cc1cnc[nH]1)C(=O)N1CCC[C@H]1C(=O)N[C@@H](CCSC)C(=O)O. The van der Waals surface area contributed by atoms with Gasteiger partial charge in [-0.25, -0.2) is 9.78 Å². The second kappa shape index (κ2) is 28.8. The van der Waals surface area contributed by atoms with E-state index in [4.69, 9.17) is 11.5 Å². The van der Waals surface area contributed by atoms with Crippen LogP contribution in [0.3, 0.4) is 0 Å². The maximum absolute atomic E-state index is 14.5. The number of aromatic hydroxyl groups is 1. The number of nitrogens with one attached hydrogen (secondary N) is 8. The molecule has 1 saturated heterocycles. The van der Waals surface area contributed by atoms with Crippen LogP contribution in [-0.4, -0.2) is 159 Å². The van der Waals surface area contributed by atoms with Crippen LogP contribution in [0.25, 0.3) is 0 Å². The van der Waals surface area contributed by atoms with Crippen LogP contribution in [-0.2, 0) is 51.2 Å². The minimum absolute atomic E-state index is 0.0368. The number of imidazole rings is 1. The molecule has 24 heteroatoms. The van der Waals surface area contributed by atoms with E-state index in [2.05, 4.69) is 52.2 Å². The molecule has 0 bridgehead atoms. The van der Waals surface area contributed by atoms with E-state index in [1.54, 1.807) is 40.0 Å². The summed E-state index contributed by atoms with van der Waals surface area (Å²) >= 11 is 1.43. The van der Waals surface area contributed by atoms with E-state index in [9.17, 15) is 48.6 Å². The van der Waals surface area contributed by atoms with Crippen LogP contribution in [0, 0.1) is 11.8 Å². The first kappa shape index (κ1) is 56.9. The number of nitrogens with zero attached hydrogens (tertiary/aromatic N) is 3. The summed E-state index contributed by atoms with van der Waals surface area (Å²) < 4.78 is 0. The lowest BCUT2D eigenvalue weighted by Crippen LogP contribution is -2.62. The molecule has 23 nitrogen and oxygen atoms in total. The molecule has 7 amide bonds. The Labute approximate surface area is 406 Å². The number of guanidine groups is 1. The third-order valence-corrected chi connectivity index (χ3v) is 12.3. The number of phenols is 1. The molecule has 2 aromatic rings. The highest BCUT2D eigenvalue weighted by Gasteiger charge is 2.41. The molecular weight excluding hydrogens is 915 g/mol. The molecular formula is C45H71N13O10S. The van der Waals surface area contributed by atoms with Crippen LogP contribution in [0.2, 0.25) is 0 Å². The molecule has 3 rings (SSSR count). The van der Waals surface area contributed by atoms with Gasteiger partial charge in [0.1, 0.15) is 48.0 Å². The number of carboxylic acid groups (broad SMARTS) is 1. The van der Waals surface area contributed by atoms with Crippen molar-refractivity contribution in [3.05, 3.63) is 48.0 Å². The van der Waals surface area contributed by atoms with Gasteiger partial charge in [-0.15, -0.1) is 0 Å². The third kappa shape index (κ3) is 18.5. The van der Waals surface area contributed by atoms with Gasteiger partial charge in [0.05, 0.1) is 12.9 Å². The molecule has 1 aliphatic heterocycles. The van der Waals surface area contributed by atoms with Crippen LogP contribution < -0.4 is 48.7 Å². The van der Waals surface area contributed by atoms with E-state index in [1.807, 2.05) is 13.2 Å². The fourth-order valence-electron chi connectivity index (χ4n) is 7.60. The van der Waals surface area contributed by atoms with E-state index in [1.165, 1.54) is 41.3 Å². The first-order valence-corrected chi connectivity index (χ1v) is 24.5. The number of hydrogen-bond donors (Lipinski definition) is 12. The van der Waals surface area contributed by atoms with E-state index in [-0.39, 0.29) is 63.4 Å². The van der Waals surface area contributed by atoms with Crippen LogP contribution >= 0.6 is 11.8 Å². The normalized spacial score (nSPS) is 16.4. The number of carboxylic acids is 1. The van der Waals surface area contributed by atoms with Crippen molar-refractivity contribution in [2.75, 3.05) is 38.7 Å². The smallest absolute Gasteiger partial charge is 0.326 e. The van der Waals surface area contributed by atoms with Crippen molar-refractivity contribution in [2.24, 2.45) is 28.3 Å². The molecule has 0 unspecified atom stereocenters. The van der Waals surface area contributed by atoms with Crippen LogP contribution in [0.1, 0.15) is 77.5 Å². The molecule has 382 valence electrons. The highest BCUT2D eigenvalue weighted by atomic mass is 32.2. The fraction of sp³-hybridized carbons (Fsp3) is 0.600. The van der Waals surface area contributed by atoms with Crippen LogP contribution in [0.15, 0.2) is 41.8 Å². The minimum atomic E-state index is -1.35. The number of likely N-dealkylation sites (tertiary alicyclic amines) is 1. The molecule has 0 saturated carbocycles. The monoisotopic (exact) mass is 986 g/mol. The number of rotatable bonds is 29. The number of carbonyl (C=O) groups excluding carboxylic acids is 7. The molecule has 1 aliphatic rings. The van der Waals surface area contributed by atoms with Gasteiger partial charge in [0, 0.05) is 37.8 Å². The molecule has 0 spiro atoms. The van der Waals surface area contributed by atoms with Crippen molar-refractivity contribution in [1.29, 1.82) is 0 Å². The molecule has 2 heterocycles. The Bertz CT molecular complexity index is 2050. The number of aromatic amines is 1. The fourth-order valence-corrected chi connectivity index (χ4v) is 8.07. The Morgan fingerprint density at radius 3 is 2.10 bits per heavy atom. The number of aliphatic carboxylic acids is 1. The minimum Gasteiger partial charge on any atom is -0.508 e. The summed E-state index contributed by atoms with van der Waals surface area (Å²) in [7, 11) is 1.57. The number of thioether (sulfide) groups is 1. The zero-order valence-electron chi connectivity index (χ0n) is 40.2. The van der Waals surface area contributed by atoms with E-state index < -0.39 is 101 Å². The number of H-pyrrole nitrogens is 1. The molecule has 1 aromatic carbocycles. The van der Waals surface area contributed by atoms with Crippen molar-refractivity contribution in [3.8, 4) is 5.75 Å². The Balaban J connectivity index is 1.92. The molecule has 0 aliphatic carbocycles. The topological polar surface area (TPSA) is 358 Å². The van der Waals surface area contributed by atoms with Crippen molar-refractivity contribution >= 4 is 65.0 Å². The highest BCUT2D eigenvalue weighted by molar-refractivity contribution is 7.98. The van der Waals surface area contributed by atoms with Gasteiger partial charge in [0.2, 0.25) is 41.4 Å². The molecule has 14 N–H and O–H groups in total. The van der Waals surface area contributed by atoms with E-state index >= 15 is 0 Å². The quantitative estimate of drug-likeness (QED) is 0.0254. The Morgan fingerprint density at radius 2 is 1.51 bits per heavy atom. The zero-order valence-corrected chi connectivity index (χ0v) is 41.0. The summed E-state index contributed by atoms with van der Waals surface area (Å²) in [5, 5.41) is 38.8. The standard InChI is InChI=1S/C45H71N13O10S/c1-7-26(4)37(42(65)55-33(21-28-22-49-24-51-28)43(66)58-18-9-11-34(58)40(63)53-31(44(67)68)16-19-69-6)57-39(62)32(20-27-12-14-29(59)15-13-27)54-41(64)36(25(2)3)56-38(61)30(52-35(60)23-48-5)10-8-17-50-45(46)47/h12-15,22,24-26,30-34,36-37,48,59H,7-11,16-21,23H2,1-6H3,(H,49,51)(H,52,60)(H,53,63)(H,54,64)(H,55,65)(H,56,61)(H,57,62)(H,67,68)(H4,46,47,50)/t26-,30-,31-,32-,33-,34-,36-,37-/m0/s1. The van der Waals surface area contributed by atoms with Gasteiger partial charge in [-0.2, -0.15) is 11.8 Å². The van der Waals surface area contributed by atoms with Gasteiger partial charge in [-0.3, -0.25) is 38.6 Å². The number of phenolic OH excluding ortho intramolecular Hbond substituents is 1. The molecule has 0 radical (unpaired) electrons. The zero-order chi connectivity index (χ0) is 51.2. The molecule has 8 atom stereocenters. The van der Waals surface area contributed by atoms with Crippen molar-refractivity contribution in [3.63, 3.8) is 0 Å². The van der Waals surface area contributed by atoms with E-state index in [0.717, 1.165) is 0 Å². The average Bonchev–Trinajstić information content (AvgIpc) is 4.02. The first-order valence-electron chi connectivity index (χ1n) is 23.1. The predicted octanol–water partition coefficient (Wildman–Crippen LogP) is -1.39. The van der Waals surface area contributed by atoms with Gasteiger partial charge in [0.25, 0.3) is 0 Å². The summed E-state index contributed by atoms with van der Waals surface area (Å²) in [5.41, 5.74) is 11.9. The lowest BCUT2D eigenvalue weighted by Gasteiger charge is -2.32. The average molecular weight is 986 g/mol. The van der Waals surface area contributed by atoms with Crippen molar-refractivity contribution in [2.45, 2.75) is 121 Å². The predicted molar refractivity (Wildman–Crippen MR) is 259 cm³/mol. The maximum Gasteiger partial charge on any atom is 0.326 e. The number of aromatic nitrogens is 2. The second-order valence-corrected chi connectivity index (χ2v) is 18.3. The number of nitrogens with two attached hydrogens (primary N) is 2. The van der Waals surface area contributed by atoms with Gasteiger partial charge in [-0.05, 0) is 80.7 Å². The molecule has 69 heavy (non-hydrogen) atoms. The number of likely N-dealkylation sites (N-methyl/N-ethyl adjacent to an activating group) is 1. The third-order valence-electron chi connectivity index (χ3n) is 11.6. The van der Waals surface area contributed by atoms with Crippen molar-refractivity contribution in [1.82, 2.24) is 52.1 Å². The lowest BCUT2D eigenvalue weighted by molar-refractivity contribution is -0.145. The van der Waals surface area contributed by atoms with Gasteiger partial charge in [-0.1, -0.05) is 46.2 Å². The Hall–Kier alpha value is -6.43. The largest absolute Gasteiger partial charge is 0.508 e. The summed E-state index contributed by atoms with van der Waals surface area (Å²) in [6.07, 6.45) is 6.26. The Kier molecular flexibility index (Phi) is 23.7. The lowest BCUT2D eigenvalue weighted by atomic mass is 9.96. The summed E-state index contributed by atoms with van der Waals surface area (Å²) in [6, 6.07) is -2.35. The van der Waals surface area contributed by atoms with Gasteiger partial charge < -0.3 is 68.8 Å². The second-order valence-electron chi connectivity index (χ2n) is 17.3. The number of amides is 7. The van der Waals surface area contributed by atoms with Crippen LogP contribution in [0.4, 0.5) is 0 Å². The highest BCUT2D eigenvalue weighted by Crippen LogP contribution is 2.21. The number of hydrogen-bond acceptors (Lipinski definition) is 13. The van der Waals surface area contributed by atoms with Gasteiger partial charge in [0.15, 0.2) is 5.96 Å². The number of aliphatic imine (C=N–C) groups is 1.